The van der Waals surface area contributed by atoms with Crippen LogP contribution >= 0.6 is 11.8 Å². The van der Waals surface area contributed by atoms with Gasteiger partial charge >= 0.3 is 0 Å². The summed E-state index contributed by atoms with van der Waals surface area (Å²) in [6.45, 7) is 2.17. The highest BCUT2D eigenvalue weighted by Crippen LogP contribution is 2.35. The summed E-state index contributed by atoms with van der Waals surface area (Å²) in [6, 6.07) is 27.1. The fraction of sp³-hybridized carbons (Fsp3) is 0.154. The summed E-state index contributed by atoms with van der Waals surface area (Å²) in [4.78, 5) is 11.0. The van der Waals surface area contributed by atoms with Gasteiger partial charge in [0, 0.05) is 15.8 Å². The van der Waals surface area contributed by atoms with Crippen molar-refractivity contribution in [1.29, 1.82) is 0 Å². The first-order chi connectivity index (χ1) is 15.2. The zero-order chi connectivity index (χ0) is 21.2. The van der Waals surface area contributed by atoms with Gasteiger partial charge in [0.2, 0.25) is 0 Å². The molecule has 1 unspecified atom stereocenters. The number of anilines is 1. The second-order valence-corrected chi connectivity index (χ2v) is 8.52. The first-order valence-electron chi connectivity index (χ1n) is 10.4. The molecule has 4 aromatic rings. The summed E-state index contributed by atoms with van der Waals surface area (Å²) in [6.07, 6.45) is 0.974. The fourth-order valence-corrected chi connectivity index (χ4v) is 4.81. The van der Waals surface area contributed by atoms with Crippen LogP contribution in [0.25, 0.3) is 10.8 Å². The molecule has 0 saturated carbocycles. The molecule has 1 N–H and O–H groups in total. The van der Waals surface area contributed by atoms with Crippen LogP contribution in [0.4, 0.5) is 5.82 Å². The number of fused-ring (bicyclic) bond motifs is 2. The Bertz CT molecular complexity index is 1280. The van der Waals surface area contributed by atoms with Crippen molar-refractivity contribution in [1.82, 2.24) is 4.98 Å². The molecule has 0 spiro atoms. The second kappa shape index (κ2) is 8.44. The summed E-state index contributed by atoms with van der Waals surface area (Å²) in [5, 5.41) is 6.70. The highest BCUT2D eigenvalue weighted by atomic mass is 32.2. The number of hydrogen-bond donors (Lipinski definition) is 1. The molecule has 4 nitrogen and oxygen atoms in total. The van der Waals surface area contributed by atoms with Gasteiger partial charge < -0.3 is 10.1 Å². The summed E-state index contributed by atoms with van der Waals surface area (Å²) in [7, 11) is 1.68. The Kier molecular flexibility index (Phi) is 5.35. The number of ether oxygens (including phenoxy) is 1. The van der Waals surface area contributed by atoms with E-state index in [-0.39, 0.29) is 6.04 Å². The number of pyridine rings is 1. The van der Waals surface area contributed by atoms with Crippen LogP contribution in [0.15, 0.2) is 93.8 Å². The van der Waals surface area contributed by atoms with E-state index < -0.39 is 0 Å². The molecule has 0 radical (unpaired) electrons. The van der Waals surface area contributed by atoms with Gasteiger partial charge in [0.05, 0.1) is 13.2 Å². The van der Waals surface area contributed by atoms with Crippen LogP contribution in [-0.4, -0.2) is 17.9 Å². The average molecular weight is 426 g/mol. The lowest BCUT2D eigenvalue weighted by molar-refractivity contribution is 0.413. The second-order valence-electron chi connectivity index (χ2n) is 7.43. The molecule has 0 saturated heterocycles. The number of amidine groups is 1. The highest BCUT2D eigenvalue weighted by molar-refractivity contribution is 7.99. The van der Waals surface area contributed by atoms with Gasteiger partial charge in [-0.1, -0.05) is 73.3 Å². The Morgan fingerprint density at radius 2 is 1.81 bits per heavy atom. The van der Waals surface area contributed by atoms with Gasteiger partial charge in [-0.15, -0.1) is 0 Å². The van der Waals surface area contributed by atoms with Crippen LogP contribution in [0.5, 0.6) is 5.75 Å². The van der Waals surface area contributed by atoms with E-state index in [0.29, 0.717) is 0 Å². The van der Waals surface area contributed by atoms with E-state index in [1.54, 1.807) is 18.9 Å². The number of aliphatic imine (C=N–C) groups is 1. The molecule has 0 amide bonds. The number of rotatable bonds is 5. The lowest BCUT2D eigenvalue weighted by atomic mass is 10.0. The number of nitrogens with one attached hydrogen (secondary N) is 1. The Morgan fingerprint density at radius 3 is 2.68 bits per heavy atom. The third kappa shape index (κ3) is 3.89. The van der Waals surface area contributed by atoms with Crippen molar-refractivity contribution in [2.24, 2.45) is 4.99 Å². The third-order valence-corrected chi connectivity index (χ3v) is 6.37. The lowest BCUT2D eigenvalue weighted by Gasteiger charge is -2.12. The maximum Gasteiger partial charge on any atom is 0.140 e. The molecule has 2 heterocycles. The lowest BCUT2D eigenvalue weighted by Crippen LogP contribution is -2.13. The largest absolute Gasteiger partial charge is 0.497 e. The van der Waals surface area contributed by atoms with E-state index in [9.17, 15) is 0 Å². The SMILES string of the molecule is CCC1N=C(Nc2nc(Sc3cccc(OC)c3)cc3ccccc23)c2ccccc21. The molecule has 1 atom stereocenters. The molecule has 154 valence electrons. The third-order valence-electron chi connectivity index (χ3n) is 5.46. The Labute approximate surface area is 186 Å². The van der Waals surface area contributed by atoms with Gasteiger partial charge in [0.15, 0.2) is 0 Å². The Hall–Kier alpha value is -3.31. The molecule has 1 aliphatic heterocycles. The first-order valence-corrected chi connectivity index (χ1v) is 11.2. The highest BCUT2D eigenvalue weighted by Gasteiger charge is 2.24. The molecule has 5 heteroatoms. The zero-order valence-electron chi connectivity index (χ0n) is 17.5. The molecule has 3 aromatic carbocycles. The molecule has 1 aromatic heterocycles. The van der Waals surface area contributed by atoms with Crippen LogP contribution in [0, 0.1) is 0 Å². The predicted octanol–water partition coefficient (Wildman–Crippen LogP) is 6.72. The van der Waals surface area contributed by atoms with Crippen LogP contribution in [0.2, 0.25) is 0 Å². The maximum atomic E-state index is 5.37. The topological polar surface area (TPSA) is 46.5 Å². The molecular weight excluding hydrogens is 402 g/mol. The van der Waals surface area contributed by atoms with Crippen molar-refractivity contribution >= 4 is 34.2 Å². The zero-order valence-corrected chi connectivity index (χ0v) is 18.3. The first kappa shape index (κ1) is 19.6. The molecule has 31 heavy (non-hydrogen) atoms. The summed E-state index contributed by atoms with van der Waals surface area (Å²) in [5.41, 5.74) is 2.43. The van der Waals surface area contributed by atoms with Gasteiger partial charge in [0.1, 0.15) is 22.4 Å². The number of benzene rings is 3. The fourth-order valence-electron chi connectivity index (χ4n) is 3.93. The van der Waals surface area contributed by atoms with Crippen LogP contribution < -0.4 is 10.1 Å². The molecule has 0 aliphatic carbocycles. The molecular formula is C26H23N3OS. The Balaban J connectivity index is 1.54. The molecule has 5 rings (SSSR count). The number of aromatic nitrogens is 1. The molecule has 1 aliphatic rings. The van der Waals surface area contributed by atoms with Gasteiger partial charge in [-0.2, -0.15) is 0 Å². The monoisotopic (exact) mass is 425 g/mol. The van der Waals surface area contributed by atoms with Crippen LogP contribution in [0.3, 0.4) is 0 Å². The summed E-state index contributed by atoms with van der Waals surface area (Å²) in [5.74, 6) is 2.56. The van der Waals surface area contributed by atoms with Gasteiger partial charge in [-0.25, -0.2) is 4.98 Å². The van der Waals surface area contributed by atoms with Crippen molar-refractivity contribution in [3.05, 3.63) is 90.0 Å². The molecule has 0 bridgehead atoms. The van der Waals surface area contributed by atoms with E-state index in [2.05, 4.69) is 66.8 Å². The van der Waals surface area contributed by atoms with Crippen molar-refractivity contribution in [2.45, 2.75) is 29.3 Å². The van der Waals surface area contributed by atoms with Crippen LogP contribution in [-0.2, 0) is 0 Å². The normalized spacial score (nSPS) is 14.9. The minimum absolute atomic E-state index is 0.194. The van der Waals surface area contributed by atoms with E-state index in [0.717, 1.165) is 50.1 Å². The Morgan fingerprint density at radius 1 is 0.968 bits per heavy atom. The van der Waals surface area contributed by atoms with E-state index in [1.807, 2.05) is 24.3 Å². The predicted molar refractivity (Wildman–Crippen MR) is 128 cm³/mol. The quantitative estimate of drug-likeness (QED) is 0.386. The number of nitrogens with zero attached hydrogens (tertiary/aromatic N) is 2. The van der Waals surface area contributed by atoms with Crippen molar-refractivity contribution < 1.29 is 4.74 Å². The number of hydrogen-bond acceptors (Lipinski definition) is 5. The minimum atomic E-state index is 0.194. The van der Waals surface area contributed by atoms with Crippen molar-refractivity contribution in [2.75, 3.05) is 12.4 Å². The average Bonchev–Trinajstić information content (AvgIpc) is 3.17. The summed E-state index contributed by atoms with van der Waals surface area (Å²) < 4.78 is 5.37. The minimum Gasteiger partial charge on any atom is -0.497 e. The molecule has 0 fully saturated rings. The smallest absolute Gasteiger partial charge is 0.140 e. The standard InChI is InChI=1S/C26H23N3OS/c1-3-23-21-13-6-7-14-22(21)26(27-23)29-25-20-12-5-4-9-17(20)15-24(28-25)31-19-11-8-10-18(16-19)30-2/h4-16,23H,3H2,1-2H3,(H,27,28,29). The maximum absolute atomic E-state index is 5.37. The van der Waals surface area contributed by atoms with Gasteiger partial charge in [0.25, 0.3) is 0 Å². The number of methoxy groups -OCH3 is 1. The summed E-state index contributed by atoms with van der Waals surface area (Å²) >= 11 is 1.62. The van der Waals surface area contributed by atoms with E-state index in [1.165, 1.54) is 5.56 Å². The van der Waals surface area contributed by atoms with E-state index in [4.69, 9.17) is 14.7 Å². The van der Waals surface area contributed by atoms with Crippen molar-refractivity contribution in [3.63, 3.8) is 0 Å². The van der Waals surface area contributed by atoms with Crippen LogP contribution in [0.1, 0.15) is 30.5 Å². The van der Waals surface area contributed by atoms with Gasteiger partial charge in [-0.3, -0.25) is 4.99 Å². The van der Waals surface area contributed by atoms with Crippen molar-refractivity contribution in [3.8, 4) is 5.75 Å². The van der Waals surface area contributed by atoms with E-state index >= 15 is 0 Å². The van der Waals surface area contributed by atoms with Gasteiger partial charge in [-0.05, 0) is 41.6 Å².